The zero-order valence-corrected chi connectivity index (χ0v) is 21.5. The van der Waals surface area contributed by atoms with E-state index in [2.05, 4.69) is 30.6 Å². The molecule has 1 aliphatic carbocycles. The zero-order valence-electron chi connectivity index (χ0n) is 21.5. The molecule has 2 fully saturated rings. The summed E-state index contributed by atoms with van der Waals surface area (Å²) in [4.78, 5) is 68.9. The van der Waals surface area contributed by atoms with Crippen molar-refractivity contribution in [3.63, 3.8) is 0 Å². The molecule has 0 radical (unpaired) electrons. The highest BCUT2D eigenvalue weighted by Gasteiger charge is 2.71. The number of anilines is 1. The van der Waals surface area contributed by atoms with Gasteiger partial charge in [-0.2, -0.15) is 0 Å². The van der Waals surface area contributed by atoms with E-state index in [0.717, 1.165) is 9.13 Å². The molecular weight excluding hydrogens is 530 g/mol. The van der Waals surface area contributed by atoms with Crippen molar-refractivity contribution < 1.29 is 18.4 Å². The van der Waals surface area contributed by atoms with Crippen molar-refractivity contribution in [1.29, 1.82) is 0 Å². The number of imidazole rings is 1. The first-order chi connectivity index (χ1) is 19.0. The molecule has 3 aromatic heterocycles. The van der Waals surface area contributed by atoms with Crippen molar-refractivity contribution in [3.05, 3.63) is 57.3 Å². The molecule has 0 bridgehead atoms. The Bertz CT molecular complexity index is 1720. The number of halogens is 2. The molecule has 3 aliphatic rings. The maximum Gasteiger partial charge on any atom is 0.332 e. The molecule has 1 saturated carbocycles. The Morgan fingerprint density at radius 2 is 1.88 bits per heavy atom. The van der Waals surface area contributed by atoms with Gasteiger partial charge >= 0.3 is 5.69 Å². The van der Waals surface area contributed by atoms with Crippen molar-refractivity contribution in [2.45, 2.75) is 25.9 Å². The van der Waals surface area contributed by atoms with Crippen LogP contribution in [0.1, 0.15) is 12.6 Å². The summed E-state index contributed by atoms with van der Waals surface area (Å²) in [7, 11) is 1.42. The number of hydrogen-bond acceptors (Lipinski definition) is 10. The van der Waals surface area contributed by atoms with Crippen LogP contribution in [0.5, 0.6) is 0 Å². The number of hydrogen-bond donors (Lipinski definition) is 2. The van der Waals surface area contributed by atoms with Crippen LogP contribution in [-0.2, 0) is 29.7 Å². The fraction of sp³-hybridized carbons (Fsp3) is 0.417. The van der Waals surface area contributed by atoms with Crippen LogP contribution < -0.4 is 26.8 Å². The number of aromatic nitrogens is 6. The molecule has 1 amide bonds. The van der Waals surface area contributed by atoms with E-state index in [1.165, 1.54) is 43.5 Å². The Labute approximate surface area is 224 Å². The van der Waals surface area contributed by atoms with Gasteiger partial charge in [0.15, 0.2) is 11.2 Å². The molecule has 6 rings (SSSR count). The standard InChI is InChI=1S/C24H24F2N10O4/c1-12(37)7-36-22(39)20-21(33(2)23(36)40)30-11-35(20)10-19(38)32-17-5-27-3-16(31-17)15-4-29-18(6-28-15)34-8-13-14(9-34)24(13,25)26/h4-6,11,13-14,27H,3,7-10H2,1-2H3,(H,32,38). The SMILES string of the molecule is CC(=O)Cn1c(=O)c2c(ncn2CC(=O)NC2=CNCC(c3cnc(N4CC5C(C4)C5(F)F)cn3)=N2)n(C)c1=O. The second-order valence-corrected chi connectivity index (χ2v) is 10.0. The van der Waals surface area contributed by atoms with Crippen LogP contribution in [0.3, 0.4) is 0 Å². The lowest BCUT2D eigenvalue weighted by atomic mass is 10.2. The summed E-state index contributed by atoms with van der Waals surface area (Å²) in [6.07, 6.45) is 5.81. The highest BCUT2D eigenvalue weighted by molar-refractivity contribution is 6.01. The summed E-state index contributed by atoms with van der Waals surface area (Å²) in [5.74, 6) is -3.98. The lowest BCUT2D eigenvalue weighted by Crippen LogP contribution is -2.41. The van der Waals surface area contributed by atoms with Gasteiger partial charge < -0.3 is 20.1 Å². The normalized spacial score (nSPS) is 20.9. The van der Waals surface area contributed by atoms with Crippen molar-refractivity contribution in [3.8, 4) is 0 Å². The molecule has 2 atom stereocenters. The van der Waals surface area contributed by atoms with Gasteiger partial charge in [0.2, 0.25) is 5.91 Å². The van der Waals surface area contributed by atoms with Gasteiger partial charge in [-0.05, 0) is 6.92 Å². The molecule has 2 aliphatic heterocycles. The van der Waals surface area contributed by atoms with Crippen molar-refractivity contribution in [1.82, 2.24) is 39.3 Å². The third-order valence-corrected chi connectivity index (χ3v) is 7.28. The number of aliphatic imine (C=N–C) groups is 1. The van der Waals surface area contributed by atoms with Crippen molar-refractivity contribution >= 4 is 34.4 Å². The molecule has 208 valence electrons. The first-order valence-electron chi connectivity index (χ1n) is 12.4. The smallest absolute Gasteiger partial charge is 0.332 e. The summed E-state index contributed by atoms with van der Waals surface area (Å²) in [5, 5.41) is 5.66. The number of Topliss-reactive ketones (excluding diaryl/α,β-unsaturated/α-hetero) is 1. The van der Waals surface area contributed by atoms with Crippen LogP contribution in [-0.4, -0.2) is 71.6 Å². The van der Waals surface area contributed by atoms with E-state index < -0.39 is 41.5 Å². The number of amides is 1. The Hall–Kier alpha value is -4.76. The molecule has 0 spiro atoms. The van der Waals surface area contributed by atoms with Gasteiger partial charge in [0.05, 0.1) is 49.4 Å². The number of carbonyl (C=O) groups is 2. The van der Waals surface area contributed by atoms with Gasteiger partial charge in [0.1, 0.15) is 29.7 Å². The highest BCUT2D eigenvalue weighted by atomic mass is 19.3. The van der Waals surface area contributed by atoms with E-state index >= 15 is 0 Å². The van der Waals surface area contributed by atoms with Gasteiger partial charge in [-0.3, -0.25) is 23.5 Å². The average molecular weight is 555 g/mol. The maximum atomic E-state index is 13.5. The predicted octanol–water partition coefficient (Wildman–Crippen LogP) is -1.02. The molecule has 2 unspecified atom stereocenters. The number of aryl methyl sites for hydroxylation is 1. The van der Waals surface area contributed by atoms with Gasteiger partial charge in [-0.15, -0.1) is 0 Å². The molecular formula is C24H24F2N10O4. The van der Waals surface area contributed by atoms with Crippen LogP contribution in [0.4, 0.5) is 14.6 Å². The van der Waals surface area contributed by atoms with Crippen molar-refractivity contribution in [2.24, 2.45) is 23.9 Å². The fourth-order valence-corrected chi connectivity index (χ4v) is 5.14. The number of carbonyl (C=O) groups excluding carboxylic acids is 2. The Morgan fingerprint density at radius 1 is 1.12 bits per heavy atom. The quantitative estimate of drug-likeness (QED) is 0.373. The number of rotatable bonds is 7. The molecule has 0 aromatic carbocycles. The summed E-state index contributed by atoms with van der Waals surface area (Å²) in [5.41, 5.74) is -0.353. The molecule has 2 N–H and O–H groups in total. The molecule has 1 saturated heterocycles. The number of piperidine rings is 1. The molecule has 5 heterocycles. The summed E-state index contributed by atoms with van der Waals surface area (Å²) in [6.45, 7) is 1.38. The third kappa shape index (κ3) is 4.24. The number of fused-ring (bicyclic) bond motifs is 2. The topological polar surface area (TPSA) is 161 Å². The van der Waals surface area contributed by atoms with Crippen LogP contribution in [0.25, 0.3) is 11.2 Å². The molecule has 14 nitrogen and oxygen atoms in total. The van der Waals surface area contributed by atoms with Gasteiger partial charge in [-0.1, -0.05) is 0 Å². The lowest BCUT2D eigenvalue weighted by Gasteiger charge is -2.20. The number of nitrogens with one attached hydrogen (secondary N) is 2. The summed E-state index contributed by atoms with van der Waals surface area (Å²) >= 11 is 0. The van der Waals surface area contributed by atoms with Crippen LogP contribution in [0.2, 0.25) is 0 Å². The Balaban J connectivity index is 1.15. The molecule has 16 heteroatoms. The maximum absolute atomic E-state index is 13.5. The van der Waals surface area contributed by atoms with Gasteiger partial charge in [-0.25, -0.2) is 33.5 Å². The highest BCUT2D eigenvalue weighted by Crippen LogP contribution is 2.59. The van der Waals surface area contributed by atoms with E-state index in [1.807, 2.05) is 0 Å². The van der Waals surface area contributed by atoms with Gasteiger partial charge in [0.25, 0.3) is 11.5 Å². The minimum absolute atomic E-state index is 0.00725. The average Bonchev–Trinajstić information content (AvgIpc) is 3.32. The molecule has 3 aromatic rings. The first-order valence-corrected chi connectivity index (χ1v) is 12.4. The second kappa shape index (κ2) is 9.17. The van der Waals surface area contributed by atoms with Crippen LogP contribution >= 0.6 is 0 Å². The van der Waals surface area contributed by atoms with E-state index in [1.54, 1.807) is 4.90 Å². The fourth-order valence-electron chi connectivity index (χ4n) is 5.14. The zero-order chi connectivity index (χ0) is 28.3. The minimum atomic E-state index is -2.57. The monoisotopic (exact) mass is 554 g/mol. The first kappa shape index (κ1) is 25.5. The Morgan fingerprint density at radius 3 is 2.55 bits per heavy atom. The second-order valence-electron chi connectivity index (χ2n) is 10.0. The lowest BCUT2D eigenvalue weighted by molar-refractivity contribution is -0.121. The minimum Gasteiger partial charge on any atom is -0.382 e. The number of nitrogens with zero attached hydrogens (tertiary/aromatic N) is 8. The number of alkyl halides is 2. The summed E-state index contributed by atoms with van der Waals surface area (Å²) < 4.78 is 30.2. The van der Waals surface area contributed by atoms with E-state index in [0.29, 0.717) is 23.8 Å². The third-order valence-electron chi connectivity index (χ3n) is 7.28. The van der Waals surface area contributed by atoms with E-state index in [9.17, 15) is 28.0 Å². The van der Waals surface area contributed by atoms with Crippen molar-refractivity contribution in [2.75, 3.05) is 24.5 Å². The van der Waals surface area contributed by atoms with Gasteiger partial charge in [0, 0.05) is 26.3 Å². The molecule has 40 heavy (non-hydrogen) atoms. The summed E-state index contributed by atoms with van der Waals surface area (Å²) in [6, 6.07) is 0. The Kier molecular flexibility index (Phi) is 5.85. The predicted molar refractivity (Wildman–Crippen MR) is 137 cm³/mol. The largest absolute Gasteiger partial charge is 0.382 e. The van der Waals surface area contributed by atoms with Crippen LogP contribution in [0.15, 0.2) is 45.3 Å². The van der Waals surface area contributed by atoms with Crippen LogP contribution in [0, 0.1) is 11.8 Å². The number of ketones is 1. The van der Waals surface area contributed by atoms with E-state index in [4.69, 9.17) is 0 Å². The van der Waals surface area contributed by atoms with E-state index in [-0.39, 0.29) is 42.4 Å².